The van der Waals surface area contributed by atoms with Gasteiger partial charge in [-0.2, -0.15) is 0 Å². The Hall–Kier alpha value is -3.02. The van der Waals surface area contributed by atoms with E-state index in [9.17, 15) is 9.59 Å². The number of para-hydroxylation sites is 1. The summed E-state index contributed by atoms with van der Waals surface area (Å²) in [5.41, 5.74) is 2.27. The Morgan fingerprint density at radius 3 is 2.54 bits per heavy atom. The van der Waals surface area contributed by atoms with Crippen LogP contribution >= 0.6 is 11.8 Å². The van der Waals surface area contributed by atoms with E-state index in [-0.39, 0.29) is 25.5 Å². The number of ether oxygens (including phenoxy) is 5. The van der Waals surface area contributed by atoms with E-state index in [0.29, 0.717) is 52.3 Å². The molecule has 10 nitrogen and oxygen atoms in total. The standard InChI is InChI=1S/C24H31N3O7S/c1-15-20(23(29)34-12-11-31-3)21(17-7-6-8-18(32-4)22(17)33-5)27-16(14-35-24(27)26-15)13-19(28)25-9-10-30-2/h6-8,14,21H,9-13H2,1-5H3,(H,25,28). The predicted octanol–water partition coefficient (Wildman–Crippen LogP) is 2.62. The van der Waals surface area contributed by atoms with E-state index in [1.165, 1.54) is 18.9 Å². The maximum Gasteiger partial charge on any atom is 0.338 e. The molecule has 1 amide bonds. The fourth-order valence-electron chi connectivity index (χ4n) is 3.87. The molecule has 1 aromatic rings. The summed E-state index contributed by atoms with van der Waals surface area (Å²) in [6.07, 6.45) is 0.101. The minimum Gasteiger partial charge on any atom is -0.493 e. The summed E-state index contributed by atoms with van der Waals surface area (Å²) in [6, 6.07) is 4.83. The minimum atomic E-state index is -0.643. The van der Waals surface area contributed by atoms with Gasteiger partial charge >= 0.3 is 5.97 Å². The number of carbonyl (C=O) groups is 2. The van der Waals surface area contributed by atoms with Gasteiger partial charge in [-0.3, -0.25) is 4.79 Å². The van der Waals surface area contributed by atoms with Crippen molar-refractivity contribution in [1.82, 2.24) is 10.2 Å². The number of hydrogen-bond acceptors (Lipinski definition) is 10. The van der Waals surface area contributed by atoms with Crippen LogP contribution in [0.25, 0.3) is 0 Å². The molecule has 190 valence electrons. The van der Waals surface area contributed by atoms with Crippen LogP contribution in [0.5, 0.6) is 11.5 Å². The van der Waals surface area contributed by atoms with Crippen molar-refractivity contribution < 1.29 is 33.3 Å². The van der Waals surface area contributed by atoms with E-state index >= 15 is 0 Å². The Morgan fingerprint density at radius 2 is 1.86 bits per heavy atom. The largest absolute Gasteiger partial charge is 0.493 e. The van der Waals surface area contributed by atoms with Gasteiger partial charge in [0.1, 0.15) is 6.61 Å². The average Bonchev–Trinajstić information content (AvgIpc) is 3.24. The Bertz CT molecular complexity index is 1040. The van der Waals surface area contributed by atoms with Crippen molar-refractivity contribution in [3.8, 4) is 11.5 Å². The topological polar surface area (TPSA) is 108 Å². The number of hydrogen-bond donors (Lipinski definition) is 1. The van der Waals surface area contributed by atoms with Gasteiger partial charge in [-0.05, 0) is 18.4 Å². The zero-order chi connectivity index (χ0) is 25.4. The smallest absolute Gasteiger partial charge is 0.338 e. The number of rotatable bonds is 12. The van der Waals surface area contributed by atoms with Gasteiger partial charge in [0.15, 0.2) is 16.7 Å². The molecule has 0 fully saturated rings. The van der Waals surface area contributed by atoms with Crippen LogP contribution in [0.15, 0.2) is 45.6 Å². The molecule has 3 rings (SSSR count). The van der Waals surface area contributed by atoms with Crippen LogP contribution in [0, 0.1) is 0 Å². The summed E-state index contributed by atoms with van der Waals surface area (Å²) in [4.78, 5) is 32.5. The van der Waals surface area contributed by atoms with Crippen LogP contribution in [0.1, 0.15) is 24.9 Å². The zero-order valence-corrected chi connectivity index (χ0v) is 21.4. The lowest BCUT2D eigenvalue weighted by Crippen LogP contribution is -2.38. The van der Waals surface area contributed by atoms with Crippen LogP contribution in [0.3, 0.4) is 0 Å². The third kappa shape index (κ3) is 5.98. The second-order valence-corrected chi connectivity index (χ2v) is 8.46. The SMILES string of the molecule is COCCNC(=O)CC1=CSC2=NC(C)=C(C(=O)OCCOC)C(c3cccc(OC)c3OC)N12. The highest BCUT2D eigenvalue weighted by molar-refractivity contribution is 8.16. The molecule has 0 spiro atoms. The number of thioether (sulfide) groups is 1. The van der Waals surface area contributed by atoms with Gasteiger partial charge in [0.25, 0.3) is 0 Å². The number of aliphatic imine (C=N–C) groups is 1. The van der Waals surface area contributed by atoms with E-state index in [4.69, 9.17) is 23.7 Å². The molecule has 1 unspecified atom stereocenters. The number of allylic oxidation sites excluding steroid dienone is 1. The van der Waals surface area contributed by atoms with Crippen molar-refractivity contribution in [2.24, 2.45) is 4.99 Å². The molecule has 2 heterocycles. The number of benzene rings is 1. The number of methoxy groups -OCH3 is 4. The predicted molar refractivity (Wildman–Crippen MR) is 132 cm³/mol. The van der Waals surface area contributed by atoms with Gasteiger partial charge < -0.3 is 33.9 Å². The maximum absolute atomic E-state index is 13.3. The first kappa shape index (κ1) is 26.6. The van der Waals surface area contributed by atoms with Crippen molar-refractivity contribution in [2.75, 3.05) is 54.8 Å². The first-order valence-corrected chi connectivity index (χ1v) is 11.9. The summed E-state index contributed by atoms with van der Waals surface area (Å²) < 4.78 is 26.7. The molecule has 1 aromatic carbocycles. The lowest BCUT2D eigenvalue weighted by molar-refractivity contribution is -0.141. The molecule has 11 heteroatoms. The van der Waals surface area contributed by atoms with Crippen LogP contribution in [0.4, 0.5) is 0 Å². The molecule has 0 saturated heterocycles. The molecule has 2 aliphatic rings. The van der Waals surface area contributed by atoms with Gasteiger partial charge in [0, 0.05) is 32.0 Å². The summed E-state index contributed by atoms with van der Waals surface area (Å²) in [5.74, 6) is 0.325. The molecule has 0 bridgehead atoms. The van der Waals surface area contributed by atoms with Crippen LogP contribution in [-0.2, 0) is 23.8 Å². The van der Waals surface area contributed by atoms with E-state index in [1.54, 1.807) is 34.3 Å². The molecule has 0 aliphatic carbocycles. The highest BCUT2D eigenvalue weighted by atomic mass is 32.2. The number of nitrogens with zero attached hydrogens (tertiary/aromatic N) is 2. The van der Waals surface area contributed by atoms with Crippen LogP contribution in [-0.4, -0.2) is 76.7 Å². The fourth-order valence-corrected chi connectivity index (χ4v) is 4.83. The summed E-state index contributed by atoms with van der Waals surface area (Å²) >= 11 is 1.40. The molecule has 0 saturated carbocycles. The summed E-state index contributed by atoms with van der Waals surface area (Å²) in [5, 5.41) is 5.37. The molecule has 0 aromatic heterocycles. The monoisotopic (exact) mass is 505 g/mol. The normalized spacial score (nSPS) is 16.9. The Labute approximate surface area is 209 Å². The second kappa shape index (κ2) is 12.6. The molecule has 1 atom stereocenters. The number of amides is 1. The quantitative estimate of drug-likeness (QED) is 0.339. The third-order valence-electron chi connectivity index (χ3n) is 5.44. The number of amidine groups is 1. The molecule has 1 N–H and O–H groups in total. The minimum absolute atomic E-state index is 0.101. The van der Waals surface area contributed by atoms with E-state index in [1.807, 2.05) is 22.4 Å². The van der Waals surface area contributed by atoms with Crippen LogP contribution in [0.2, 0.25) is 0 Å². The van der Waals surface area contributed by atoms with Gasteiger partial charge in [0.05, 0.1) is 51.2 Å². The van der Waals surface area contributed by atoms with Crippen molar-refractivity contribution in [3.63, 3.8) is 0 Å². The third-order valence-corrected chi connectivity index (χ3v) is 6.33. The lowest BCUT2D eigenvalue weighted by Gasteiger charge is -2.37. The van der Waals surface area contributed by atoms with E-state index in [0.717, 1.165) is 0 Å². The number of nitrogens with one attached hydrogen (secondary N) is 1. The fraction of sp³-hybridized carbons (Fsp3) is 0.458. The Morgan fingerprint density at radius 1 is 1.09 bits per heavy atom. The van der Waals surface area contributed by atoms with Crippen LogP contribution < -0.4 is 14.8 Å². The summed E-state index contributed by atoms with van der Waals surface area (Å²) in [7, 11) is 6.21. The van der Waals surface area contributed by atoms with Gasteiger partial charge in [-0.25, -0.2) is 9.79 Å². The molecular weight excluding hydrogens is 474 g/mol. The summed E-state index contributed by atoms with van der Waals surface area (Å²) in [6.45, 7) is 2.96. The average molecular weight is 506 g/mol. The van der Waals surface area contributed by atoms with Crippen molar-refractivity contribution in [1.29, 1.82) is 0 Å². The molecular formula is C24H31N3O7S. The highest BCUT2D eigenvalue weighted by Gasteiger charge is 2.42. The van der Waals surface area contributed by atoms with Crippen molar-refractivity contribution in [2.45, 2.75) is 19.4 Å². The van der Waals surface area contributed by atoms with E-state index in [2.05, 4.69) is 10.3 Å². The Balaban J connectivity index is 2.04. The molecule has 35 heavy (non-hydrogen) atoms. The number of carbonyl (C=O) groups excluding carboxylic acids is 2. The first-order valence-electron chi connectivity index (χ1n) is 11.0. The Kier molecular flexibility index (Phi) is 9.58. The maximum atomic E-state index is 13.3. The zero-order valence-electron chi connectivity index (χ0n) is 20.6. The van der Waals surface area contributed by atoms with Crippen molar-refractivity contribution >= 4 is 28.8 Å². The van der Waals surface area contributed by atoms with Gasteiger partial charge in [-0.15, -0.1) is 0 Å². The van der Waals surface area contributed by atoms with Gasteiger partial charge in [0.2, 0.25) is 5.91 Å². The van der Waals surface area contributed by atoms with E-state index < -0.39 is 12.0 Å². The second-order valence-electron chi connectivity index (χ2n) is 7.62. The number of esters is 1. The number of fused-ring (bicyclic) bond motifs is 1. The lowest BCUT2D eigenvalue weighted by atomic mass is 9.92. The van der Waals surface area contributed by atoms with Gasteiger partial charge in [-0.1, -0.05) is 23.9 Å². The molecule has 0 radical (unpaired) electrons. The molecule has 2 aliphatic heterocycles. The first-order chi connectivity index (χ1) is 17.0. The highest BCUT2D eigenvalue weighted by Crippen LogP contribution is 2.48. The van der Waals surface area contributed by atoms with Crippen molar-refractivity contribution in [3.05, 3.63) is 46.1 Å².